The standard InChI is InChI=1S/C17H16N2O3/c20-13(10-18-12-6-2-1-3-7-12)11-19-16(21)14-8-4-5-9-15(14)17(19)22/h1-9,13,18,20H,10-11H2/t13-/m1/s1. The van der Waals surface area contributed by atoms with Crippen LogP contribution in [0.25, 0.3) is 0 Å². The zero-order valence-corrected chi connectivity index (χ0v) is 11.9. The summed E-state index contributed by atoms with van der Waals surface area (Å²) >= 11 is 0. The number of fused-ring (bicyclic) bond motifs is 1. The van der Waals surface area contributed by atoms with Crippen molar-refractivity contribution in [1.82, 2.24) is 4.90 Å². The third kappa shape index (κ3) is 2.71. The number of aliphatic hydroxyl groups excluding tert-OH is 1. The minimum Gasteiger partial charge on any atom is -0.389 e. The molecular weight excluding hydrogens is 280 g/mol. The molecular formula is C17H16N2O3. The van der Waals surface area contributed by atoms with E-state index in [0.29, 0.717) is 11.1 Å². The molecule has 1 heterocycles. The second-order valence-electron chi connectivity index (χ2n) is 5.17. The van der Waals surface area contributed by atoms with Crippen LogP contribution in [0, 0.1) is 0 Å². The summed E-state index contributed by atoms with van der Waals surface area (Å²) < 4.78 is 0. The van der Waals surface area contributed by atoms with E-state index in [0.717, 1.165) is 10.6 Å². The number of carbonyl (C=O) groups is 2. The van der Waals surface area contributed by atoms with Gasteiger partial charge >= 0.3 is 0 Å². The molecule has 2 N–H and O–H groups in total. The Bertz CT molecular complexity index is 665. The van der Waals surface area contributed by atoms with Gasteiger partial charge in [0.05, 0.1) is 23.8 Å². The van der Waals surface area contributed by atoms with Crippen molar-refractivity contribution in [2.24, 2.45) is 0 Å². The van der Waals surface area contributed by atoms with Crippen molar-refractivity contribution in [2.45, 2.75) is 6.10 Å². The predicted octanol–water partition coefficient (Wildman–Crippen LogP) is 1.76. The van der Waals surface area contributed by atoms with Gasteiger partial charge in [0.1, 0.15) is 0 Å². The number of rotatable bonds is 5. The molecule has 0 fully saturated rings. The van der Waals surface area contributed by atoms with Gasteiger partial charge in [-0.25, -0.2) is 0 Å². The first-order valence-corrected chi connectivity index (χ1v) is 7.09. The van der Waals surface area contributed by atoms with Crippen LogP contribution in [0.4, 0.5) is 5.69 Å². The molecule has 0 radical (unpaired) electrons. The van der Waals surface area contributed by atoms with Crippen molar-refractivity contribution < 1.29 is 14.7 Å². The highest BCUT2D eigenvalue weighted by Crippen LogP contribution is 2.22. The molecule has 2 aromatic carbocycles. The summed E-state index contributed by atoms with van der Waals surface area (Å²) in [4.78, 5) is 25.5. The van der Waals surface area contributed by atoms with E-state index < -0.39 is 6.10 Å². The van der Waals surface area contributed by atoms with Gasteiger partial charge in [0.25, 0.3) is 11.8 Å². The van der Waals surface area contributed by atoms with Crippen molar-refractivity contribution in [2.75, 3.05) is 18.4 Å². The van der Waals surface area contributed by atoms with Crippen LogP contribution < -0.4 is 5.32 Å². The van der Waals surface area contributed by atoms with Crippen molar-refractivity contribution in [1.29, 1.82) is 0 Å². The van der Waals surface area contributed by atoms with E-state index in [-0.39, 0.29) is 24.9 Å². The molecule has 2 amide bonds. The van der Waals surface area contributed by atoms with Crippen LogP contribution >= 0.6 is 0 Å². The van der Waals surface area contributed by atoms with Gasteiger partial charge in [-0.05, 0) is 24.3 Å². The second-order valence-corrected chi connectivity index (χ2v) is 5.17. The predicted molar refractivity (Wildman–Crippen MR) is 82.7 cm³/mol. The summed E-state index contributed by atoms with van der Waals surface area (Å²) in [6, 6.07) is 16.2. The van der Waals surface area contributed by atoms with Gasteiger partial charge in [-0.15, -0.1) is 0 Å². The van der Waals surface area contributed by atoms with E-state index >= 15 is 0 Å². The van der Waals surface area contributed by atoms with Crippen LogP contribution in [0.1, 0.15) is 20.7 Å². The maximum absolute atomic E-state index is 12.2. The van der Waals surface area contributed by atoms with Crippen LogP contribution in [0.3, 0.4) is 0 Å². The number of aliphatic hydroxyl groups is 1. The number of carbonyl (C=O) groups excluding carboxylic acids is 2. The van der Waals surface area contributed by atoms with Gasteiger partial charge in [0, 0.05) is 12.2 Å². The van der Waals surface area contributed by atoms with E-state index in [9.17, 15) is 14.7 Å². The lowest BCUT2D eigenvalue weighted by Crippen LogP contribution is -2.39. The maximum atomic E-state index is 12.2. The molecule has 5 nitrogen and oxygen atoms in total. The molecule has 0 saturated heterocycles. The molecule has 0 aliphatic carbocycles. The van der Waals surface area contributed by atoms with Crippen LogP contribution in [0.15, 0.2) is 54.6 Å². The molecule has 0 unspecified atom stereocenters. The summed E-state index contributed by atoms with van der Waals surface area (Å²) in [5.74, 6) is -0.696. The smallest absolute Gasteiger partial charge is 0.261 e. The van der Waals surface area contributed by atoms with Crippen molar-refractivity contribution in [3.05, 3.63) is 65.7 Å². The van der Waals surface area contributed by atoms with Crippen LogP contribution in [-0.2, 0) is 0 Å². The molecule has 2 aromatic rings. The highest BCUT2D eigenvalue weighted by atomic mass is 16.3. The summed E-state index contributed by atoms with van der Waals surface area (Å²) in [6.07, 6.45) is -0.831. The van der Waals surface area contributed by atoms with Crippen molar-refractivity contribution in [3.63, 3.8) is 0 Å². The number of hydrogen-bond donors (Lipinski definition) is 2. The quantitative estimate of drug-likeness (QED) is 0.825. The summed E-state index contributed by atoms with van der Waals surface area (Å²) in [5.41, 5.74) is 1.68. The maximum Gasteiger partial charge on any atom is 0.261 e. The van der Waals surface area contributed by atoms with Crippen LogP contribution in [0.2, 0.25) is 0 Å². The first-order valence-electron chi connectivity index (χ1n) is 7.09. The number of anilines is 1. The molecule has 0 saturated carbocycles. The molecule has 1 aliphatic rings. The molecule has 0 bridgehead atoms. The van der Waals surface area contributed by atoms with E-state index in [4.69, 9.17) is 0 Å². The second kappa shape index (κ2) is 5.99. The number of benzene rings is 2. The SMILES string of the molecule is O=C1c2ccccc2C(=O)N1C[C@H](O)CNc1ccccc1. The minimum atomic E-state index is -0.831. The van der Waals surface area contributed by atoms with Crippen molar-refractivity contribution in [3.8, 4) is 0 Å². The lowest BCUT2D eigenvalue weighted by atomic mass is 10.1. The van der Waals surface area contributed by atoms with Crippen molar-refractivity contribution >= 4 is 17.5 Å². The molecule has 1 atom stereocenters. The number of para-hydroxylation sites is 1. The lowest BCUT2D eigenvalue weighted by molar-refractivity contribution is 0.0558. The number of imide groups is 1. The minimum absolute atomic E-state index is 0.0216. The molecule has 112 valence electrons. The molecule has 0 aromatic heterocycles. The Morgan fingerprint density at radius 1 is 0.909 bits per heavy atom. The molecule has 5 heteroatoms. The van der Waals surface area contributed by atoms with E-state index in [2.05, 4.69) is 5.32 Å². The third-order valence-electron chi connectivity index (χ3n) is 3.59. The monoisotopic (exact) mass is 296 g/mol. The number of amides is 2. The Morgan fingerprint density at radius 3 is 2.05 bits per heavy atom. The highest BCUT2D eigenvalue weighted by molar-refractivity contribution is 6.21. The first-order chi connectivity index (χ1) is 10.7. The van der Waals surface area contributed by atoms with Gasteiger partial charge in [-0.1, -0.05) is 30.3 Å². The summed E-state index contributed by atoms with van der Waals surface area (Å²) in [5, 5.41) is 13.1. The Kier molecular flexibility index (Phi) is 3.89. The number of nitrogens with zero attached hydrogens (tertiary/aromatic N) is 1. The first kappa shape index (κ1) is 14.3. The van der Waals surface area contributed by atoms with Gasteiger partial charge in [-0.2, -0.15) is 0 Å². The Morgan fingerprint density at radius 2 is 1.45 bits per heavy atom. The Labute approximate surface area is 128 Å². The van der Waals surface area contributed by atoms with Gasteiger partial charge in [-0.3, -0.25) is 14.5 Å². The molecule has 0 spiro atoms. The van der Waals surface area contributed by atoms with Gasteiger partial charge in [0.2, 0.25) is 0 Å². The summed E-state index contributed by atoms with van der Waals surface area (Å²) in [6.45, 7) is 0.240. The van der Waals surface area contributed by atoms with E-state index in [1.807, 2.05) is 30.3 Å². The number of nitrogens with one attached hydrogen (secondary N) is 1. The number of hydrogen-bond acceptors (Lipinski definition) is 4. The zero-order chi connectivity index (χ0) is 15.5. The fraction of sp³-hybridized carbons (Fsp3) is 0.176. The fourth-order valence-electron chi connectivity index (χ4n) is 2.47. The zero-order valence-electron chi connectivity index (χ0n) is 11.9. The Hall–Kier alpha value is -2.66. The third-order valence-corrected chi connectivity index (χ3v) is 3.59. The summed E-state index contributed by atoms with van der Waals surface area (Å²) in [7, 11) is 0. The highest BCUT2D eigenvalue weighted by Gasteiger charge is 2.35. The van der Waals surface area contributed by atoms with Crippen LogP contribution in [0.5, 0.6) is 0 Å². The number of β-amino-alcohol motifs (C(OH)–C–C–N with tert-alkyl or cyclic N) is 1. The average molecular weight is 296 g/mol. The lowest BCUT2D eigenvalue weighted by Gasteiger charge is -2.19. The topological polar surface area (TPSA) is 69.6 Å². The molecule has 22 heavy (non-hydrogen) atoms. The largest absolute Gasteiger partial charge is 0.389 e. The Balaban J connectivity index is 1.62. The fourth-order valence-corrected chi connectivity index (χ4v) is 2.47. The average Bonchev–Trinajstić information content (AvgIpc) is 2.79. The molecule has 1 aliphatic heterocycles. The van der Waals surface area contributed by atoms with Gasteiger partial charge in [0.15, 0.2) is 0 Å². The van der Waals surface area contributed by atoms with Gasteiger partial charge < -0.3 is 10.4 Å². The van der Waals surface area contributed by atoms with E-state index in [1.54, 1.807) is 24.3 Å². The molecule has 3 rings (SSSR count). The van der Waals surface area contributed by atoms with Crippen LogP contribution in [-0.4, -0.2) is 41.0 Å². The normalized spacial score (nSPS) is 14.9. The van der Waals surface area contributed by atoms with E-state index in [1.165, 1.54) is 0 Å².